The fourth-order valence-corrected chi connectivity index (χ4v) is 3.75. The van der Waals surface area contributed by atoms with Gasteiger partial charge in [0.05, 0.1) is 12.8 Å². The van der Waals surface area contributed by atoms with E-state index in [0.29, 0.717) is 0 Å². The highest BCUT2D eigenvalue weighted by Crippen LogP contribution is 2.29. The fourth-order valence-electron chi connectivity index (χ4n) is 2.86. The third-order valence-electron chi connectivity index (χ3n) is 4.44. The first-order valence-electron chi connectivity index (χ1n) is 9.19. The molecule has 0 fully saturated rings. The van der Waals surface area contributed by atoms with Gasteiger partial charge in [0.2, 0.25) is 0 Å². The smallest absolute Gasteiger partial charge is 0.185 e. The fraction of sp³-hybridized carbons (Fsp3) is 0.318. The van der Waals surface area contributed by atoms with Crippen LogP contribution in [0.4, 0.5) is 5.13 Å². The third-order valence-corrected chi connectivity index (χ3v) is 5.34. The maximum Gasteiger partial charge on any atom is 0.185 e. The molecule has 136 valence electrons. The molecule has 0 aliphatic heterocycles. The molecule has 0 unspecified atom stereocenters. The SMILES string of the molecule is CCCCN(CCc1ccccc1)c1nc(-c2ccc(OC)cc2)cs1. The molecule has 0 atom stereocenters. The highest BCUT2D eigenvalue weighted by Gasteiger charge is 2.12. The maximum absolute atomic E-state index is 5.24. The van der Waals surface area contributed by atoms with Crippen LogP contribution in [0.3, 0.4) is 0 Å². The molecule has 2 aromatic carbocycles. The van der Waals surface area contributed by atoms with Gasteiger partial charge >= 0.3 is 0 Å². The van der Waals surface area contributed by atoms with Gasteiger partial charge in [-0.3, -0.25) is 0 Å². The quantitative estimate of drug-likeness (QED) is 0.488. The van der Waals surface area contributed by atoms with Crippen molar-refractivity contribution >= 4 is 16.5 Å². The van der Waals surface area contributed by atoms with Crippen LogP contribution in [0.2, 0.25) is 0 Å². The van der Waals surface area contributed by atoms with Gasteiger partial charge in [-0.25, -0.2) is 4.98 Å². The zero-order valence-electron chi connectivity index (χ0n) is 15.5. The second-order valence-electron chi connectivity index (χ2n) is 6.32. The predicted molar refractivity (Wildman–Crippen MR) is 111 cm³/mol. The molecule has 0 amide bonds. The van der Waals surface area contributed by atoms with Gasteiger partial charge in [-0.1, -0.05) is 43.7 Å². The number of benzene rings is 2. The van der Waals surface area contributed by atoms with Crippen molar-refractivity contribution in [1.29, 1.82) is 0 Å². The van der Waals surface area contributed by atoms with E-state index in [9.17, 15) is 0 Å². The van der Waals surface area contributed by atoms with Crippen molar-refractivity contribution in [3.05, 3.63) is 65.5 Å². The Morgan fingerprint density at radius 1 is 1.00 bits per heavy atom. The summed E-state index contributed by atoms with van der Waals surface area (Å²) in [5.41, 5.74) is 3.54. The molecule has 0 saturated carbocycles. The Balaban J connectivity index is 1.72. The molecule has 4 heteroatoms. The topological polar surface area (TPSA) is 25.4 Å². The number of unbranched alkanes of at least 4 members (excludes halogenated alkanes) is 1. The number of aromatic nitrogens is 1. The minimum atomic E-state index is 0.872. The molecule has 26 heavy (non-hydrogen) atoms. The van der Waals surface area contributed by atoms with Crippen LogP contribution in [-0.4, -0.2) is 25.2 Å². The highest BCUT2D eigenvalue weighted by molar-refractivity contribution is 7.14. The van der Waals surface area contributed by atoms with E-state index in [1.165, 1.54) is 18.4 Å². The van der Waals surface area contributed by atoms with Crippen LogP contribution < -0.4 is 9.64 Å². The van der Waals surface area contributed by atoms with Gasteiger partial charge in [-0.15, -0.1) is 11.3 Å². The Kier molecular flexibility index (Phi) is 6.67. The van der Waals surface area contributed by atoms with Crippen LogP contribution >= 0.6 is 11.3 Å². The van der Waals surface area contributed by atoms with Crippen LogP contribution in [0.5, 0.6) is 5.75 Å². The lowest BCUT2D eigenvalue weighted by Gasteiger charge is -2.21. The second-order valence-corrected chi connectivity index (χ2v) is 7.16. The van der Waals surface area contributed by atoms with Crippen LogP contribution in [0, 0.1) is 0 Å². The molecule has 3 aromatic rings. The van der Waals surface area contributed by atoms with Gasteiger partial charge < -0.3 is 9.64 Å². The van der Waals surface area contributed by atoms with Crippen molar-refractivity contribution < 1.29 is 4.74 Å². The van der Waals surface area contributed by atoms with E-state index in [-0.39, 0.29) is 0 Å². The number of hydrogen-bond donors (Lipinski definition) is 0. The Hall–Kier alpha value is -2.33. The number of anilines is 1. The summed E-state index contributed by atoms with van der Waals surface area (Å²) in [6, 6.07) is 18.8. The van der Waals surface area contributed by atoms with Gasteiger partial charge in [0.25, 0.3) is 0 Å². The lowest BCUT2D eigenvalue weighted by molar-refractivity contribution is 0.415. The summed E-state index contributed by atoms with van der Waals surface area (Å²) in [5, 5.41) is 3.26. The van der Waals surface area contributed by atoms with Crippen LogP contribution in [0.1, 0.15) is 25.3 Å². The summed E-state index contributed by atoms with van der Waals surface area (Å²) in [5.74, 6) is 0.872. The number of ether oxygens (including phenoxy) is 1. The highest BCUT2D eigenvalue weighted by atomic mass is 32.1. The van der Waals surface area contributed by atoms with Crippen LogP contribution in [-0.2, 0) is 6.42 Å². The molecular weight excluding hydrogens is 340 g/mol. The first-order valence-corrected chi connectivity index (χ1v) is 10.1. The zero-order chi connectivity index (χ0) is 18.2. The Bertz CT molecular complexity index is 783. The monoisotopic (exact) mass is 366 g/mol. The minimum absolute atomic E-state index is 0.872. The standard InChI is InChI=1S/C22H26N2OS/c1-3-4-15-24(16-14-18-8-6-5-7-9-18)22-23-21(17-26-22)19-10-12-20(25-2)13-11-19/h5-13,17H,3-4,14-16H2,1-2H3. The lowest BCUT2D eigenvalue weighted by Crippen LogP contribution is -2.26. The van der Waals surface area contributed by atoms with E-state index in [4.69, 9.17) is 9.72 Å². The van der Waals surface area contributed by atoms with Crippen molar-refractivity contribution in [2.75, 3.05) is 25.1 Å². The van der Waals surface area contributed by atoms with E-state index < -0.39 is 0 Å². The number of rotatable bonds is 9. The van der Waals surface area contributed by atoms with Gasteiger partial charge in [-0.05, 0) is 42.7 Å². The molecule has 0 spiro atoms. The summed E-state index contributed by atoms with van der Waals surface area (Å²) >= 11 is 1.73. The second kappa shape index (κ2) is 9.39. The number of nitrogens with zero attached hydrogens (tertiary/aromatic N) is 2. The average molecular weight is 367 g/mol. The number of methoxy groups -OCH3 is 1. The summed E-state index contributed by atoms with van der Waals surface area (Å²) in [4.78, 5) is 7.33. The molecule has 0 aliphatic carbocycles. The Morgan fingerprint density at radius 2 is 1.77 bits per heavy atom. The molecular formula is C22H26N2OS. The predicted octanol–water partition coefficient (Wildman–Crippen LogP) is 5.67. The van der Waals surface area contributed by atoms with E-state index in [1.54, 1.807) is 18.4 Å². The molecule has 0 bridgehead atoms. The average Bonchev–Trinajstić information content (AvgIpc) is 3.19. The van der Waals surface area contributed by atoms with E-state index >= 15 is 0 Å². The van der Waals surface area contributed by atoms with E-state index in [1.807, 2.05) is 12.1 Å². The van der Waals surface area contributed by atoms with Crippen molar-refractivity contribution in [1.82, 2.24) is 4.98 Å². The third kappa shape index (κ3) is 4.85. The van der Waals surface area contributed by atoms with Gasteiger partial charge in [0.15, 0.2) is 5.13 Å². The Labute approximate surface area is 160 Å². The van der Waals surface area contributed by atoms with E-state index in [2.05, 4.69) is 59.7 Å². The summed E-state index contributed by atoms with van der Waals surface area (Å²) in [7, 11) is 1.69. The summed E-state index contributed by atoms with van der Waals surface area (Å²) < 4.78 is 5.24. The van der Waals surface area contributed by atoms with Crippen molar-refractivity contribution in [2.24, 2.45) is 0 Å². The molecule has 0 saturated heterocycles. The van der Waals surface area contributed by atoms with Gasteiger partial charge in [0, 0.05) is 24.0 Å². The molecule has 3 nitrogen and oxygen atoms in total. The first-order chi connectivity index (χ1) is 12.8. The molecule has 1 aromatic heterocycles. The number of thiazole rings is 1. The van der Waals surface area contributed by atoms with Crippen molar-refractivity contribution in [3.63, 3.8) is 0 Å². The first kappa shape index (κ1) is 18.5. The summed E-state index contributed by atoms with van der Waals surface area (Å²) in [6.45, 7) is 4.29. The maximum atomic E-state index is 5.24. The Morgan fingerprint density at radius 3 is 2.46 bits per heavy atom. The van der Waals surface area contributed by atoms with Gasteiger partial charge in [-0.2, -0.15) is 0 Å². The number of hydrogen-bond acceptors (Lipinski definition) is 4. The minimum Gasteiger partial charge on any atom is -0.497 e. The van der Waals surface area contributed by atoms with Crippen molar-refractivity contribution in [3.8, 4) is 17.0 Å². The van der Waals surface area contributed by atoms with E-state index in [0.717, 1.165) is 41.6 Å². The van der Waals surface area contributed by atoms with Gasteiger partial charge in [0.1, 0.15) is 5.75 Å². The van der Waals surface area contributed by atoms with Crippen LogP contribution in [0.25, 0.3) is 11.3 Å². The normalized spacial score (nSPS) is 10.7. The molecule has 3 rings (SSSR count). The van der Waals surface area contributed by atoms with Crippen LogP contribution in [0.15, 0.2) is 60.0 Å². The molecule has 0 radical (unpaired) electrons. The summed E-state index contributed by atoms with van der Waals surface area (Å²) in [6.07, 6.45) is 3.42. The molecule has 1 heterocycles. The molecule has 0 N–H and O–H groups in total. The lowest BCUT2D eigenvalue weighted by atomic mass is 10.1. The van der Waals surface area contributed by atoms with Crippen molar-refractivity contribution in [2.45, 2.75) is 26.2 Å². The zero-order valence-corrected chi connectivity index (χ0v) is 16.3. The largest absolute Gasteiger partial charge is 0.497 e. The molecule has 0 aliphatic rings.